The van der Waals surface area contributed by atoms with E-state index in [2.05, 4.69) is 22.0 Å². The summed E-state index contributed by atoms with van der Waals surface area (Å²) in [6.07, 6.45) is 1.16. The summed E-state index contributed by atoms with van der Waals surface area (Å²) >= 11 is 0. The van der Waals surface area contributed by atoms with Crippen molar-refractivity contribution < 1.29 is 13.5 Å². The highest BCUT2D eigenvalue weighted by Crippen LogP contribution is 2.23. The van der Waals surface area contributed by atoms with Gasteiger partial charge in [0.15, 0.2) is 0 Å². The van der Waals surface area contributed by atoms with E-state index in [4.69, 9.17) is 0 Å². The van der Waals surface area contributed by atoms with Crippen molar-refractivity contribution in [2.75, 3.05) is 32.9 Å². The number of aliphatic hydroxyl groups is 1. The SMILES string of the molecule is CN(C)S(=O)(=O)C[C@@H]1CN(Cc2ccc(-c3ccccn3)cc2)C[C@H]1O. The second-order valence-electron chi connectivity index (χ2n) is 6.99. The van der Waals surface area contributed by atoms with Gasteiger partial charge >= 0.3 is 0 Å². The molecule has 0 bridgehead atoms. The highest BCUT2D eigenvalue weighted by atomic mass is 32.2. The van der Waals surface area contributed by atoms with Crippen molar-refractivity contribution in [1.82, 2.24) is 14.2 Å². The number of pyridine rings is 1. The topological polar surface area (TPSA) is 73.7 Å². The van der Waals surface area contributed by atoms with Crippen LogP contribution in [0, 0.1) is 5.92 Å². The van der Waals surface area contributed by atoms with Gasteiger partial charge in [-0.05, 0) is 17.7 Å². The molecular weight excluding hydrogens is 350 g/mol. The third-order valence-corrected chi connectivity index (χ3v) is 6.75. The quantitative estimate of drug-likeness (QED) is 0.827. The first-order valence-electron chi connectivity index (χ1n) is 8.66. The van der Waals surface area contributed by atoms with Crippen LogP contribution < -0.4 is 0 Å². The summed E-state index contributed by atoms with van der Waals surface area (Å²) in [6, 6.07) is 14.0. The molecule has 1 aromatic carbocycles. The van der Waals surface area contributed by atoms with E-state index in [1.54, 1.807) is 6.20 Å². The maximum absolute atomic E-state index is 12.1. The summed E-state index contributed by atoms with van der Waals surface area (Å²) in [5.41, 5.74) is 3.13. The van der Waals surface area contributed by atoms with Crippen LogP contribution in [-0.4, -0.2) is 66.8 Å². The first kappa shape index (κ1) is 19.0. The predicted molar refractivity (Wildman–Crippen MR) is 102 cm³/mol. The summed E-state index contributed by atoms with van der Waals surface area (Å²) in [5, 5.41) is 10.2. The van der Waals surface area contributed by atoms with Gasteiger partial charge in [-0.15, -0.1) is 0 Å². The Hall–Kier alpha value is -1.80. The molecule has 140 valence electrons. The van der Waals surface area contributed by atoms with Gasteiger partial charge in [0.1, 0.15) is 0 Å². The van der Waals surface area contributed by atoms with Gasteiger partial charge in [0.2, 0.25) is 10.0 Å². The van der Waals surface area contributed by atoms with Crippen molar-refractivity contribution in [3.8, 4) is 11.3 Å². The van der Waals surface area contributed by atoms with Gasteiger partial charge in [0, 0.05) is 51.4 Å². The minimum absolute atomic E-state index is 0.0176. The monoisotopic (exact) mass is 375 g/mol. The Labute approximate surface area is 155 Å². The second kappa shape index (κ2) is 7.84. The zero-order chi connectivity index (χ0) is 18.7. The van der Waals surface area contributed by atoms with Crippen LogP contribution in [0.4, 0.5) is 0 Å². The molecule has 0 radical (unpaired) electrons. The van der Waals surface area contributed by atoms with Crippen molar-refractivity contribution in [3.05, 3.63) is 54.2 Å². The molecule has 3 rings (SSSR count). The zero-order valence-corrected chi connectivity index (χ0v) is 15.9. The number of hydrogen-bond acceptors (Lipinski definition) is 5. The number of nitrogens with zero attached hydrogens (tertiary/aromatic N) is 3. The number of hydrogen-bond donors (Lipinski definition) is 1. The minimum Gasteiger partial charge on any atom is -0.391 e. The van der Waals surface area contributed by atoms with E-state index < -0.39 is 16.1 Å². The van der Waals surface area contributed by atoms with Gasteiger partial charge in [-0.1, -0.05) is 30.3 Å². The maximum Gasteiger partial charge on any atom is 0.214 e. The normalized spacial score (nSPS) is 21.4. The fraction of sp³-hybridized carbons (Fsp3) is 0.421. The molecule has 0 amide bonds. The van der Waals surface area contributed by atoms with Crippen molar-refractivity contribution in [2.24, 2.45) is 5.92 Å². The Morgan fingerprint density at radius 3 is 2.50 bits per heavy atom. The van der Waals surface area contributed by atoms with E-state index in [0.29, 0.717) is 19.6 Å². The lowest BCUT2D eigenvalue weighted by Gasteiger charge is -2.18. The van der Waals surface area contributed by atoms with E-state index in [0.717, 1.165) is 16.8 Å². The second-order valence-corrected chi connectivity index (χ2v) is 9.22. The van der Waals surface area contributed by atoms with Crippen LogP contribution in [-0.2, 0) is 16.6 Å². The number of sulfonamides is 1. The fourth-order valence-electron chi connectivity index (χ4n) is 3.23. The summed E-state index contributed by atoms with van der Waals surface area (Å²) in [7, 11) is -0.257. The molecule has 1 aromatic heterocycles. The Morgan fingerprint density at radius 2 is 1.88 bits per heavy atom. The molecule has 2 heterocycles. The fourth-order valence-corrected chi connectivity index (χ4v) is 4.39. The molecular formula is C19H25N3O3S. The zero-order valence-electron chi connectivity index (χ0n) is 15.1. The van der Waals surface area contributed by atoms with E-state index in [1.165, 1.54) is 18.4 Å². The van der Waals surface area contributed by atoms with Crippen LogP contribution in [0.3, 0.4) is 0 Å². The van der Waals surface area contributed by atoms with Crippen molar-refractivity contribution in [3.63, 3.8) is 0 Å². The third-order valence-electron chi connectivity index (χ3n) is 4.78. The summed E-state index contributed by atoms with van der Waals surface area (Å²) in [6.45, 7) is 1.77. The lowest BCUT2D eigenvalue weighted by Crippen LogP contribution is -2.33. The lowest BCUT2D eigenvalue weighted by molar-refractivity contribution is 0.148. The molecule has 7 heteroatoms. The lowest BCUT2D eigenvalue weighted by atomic mass is 10.1. The van der Waals surface area contributed by atoms with E-state index >= 15 is 0 Å². The van der Waals surface area contributed by atoms with Gasteiger partial charge in [0.25, 0.3) is 0 Å². The van der Waals surface area contributed by atoms with E-state index in [1.807, 2.05) is 30.3 Å². The summed E-state index contributed by atoms with van der Waals surface area (Å²) < 4.78 is 25.3. The largest absolute Gasteiger partial charge is 0.391 e. The molecule has 0 unspecified atom stereocenters. The van der Waals surface area contributed by atoms with Crippen LogP contribution in [0.25, 0.3) is 11.3 Å². The van der Waals surface area contributed by atoms with Gasteiger partial charge < -0.3 is 5.11 Å². The number of aromatic nitrogens is 1. The highest BCUT2D eigenvalue weighted by molar-refractivity contribution is 7.89. The molecule has 6 nitrogen and oxygen atoms in total. The van der Waals surface area contributed by atoms with Crippen molar-refractivity contribution >= 4 is 10.0 Å². The number of rotatable bonds is 6. The van der Waals surface area contributed by atoms with E-state index in [-0.39, 0.29) is 11.7 Å². The summed E-state index contributed by atoms with van der Waals surface area (Å²) in [4.78, 5) is 6.45. The Balaban J connectivity index is 1.61. The van der Waals surface area contributed by atoms with Crippen LogP contribution in [0.1, 0.15) is 5.56 Å². The molecule has 1 saturated heterocycles. The number of benzene rings is 1. The van der Waals surface area contributed by atoms with Crippen LogP contribution >= 0.6 is 0 Å². The third kappa shape index (κ3) is 4.48. The molecule has 26 heavy (non-hydrogen) atoms. The number of likely N-dealkylation sites (tertiary alicyclic amines) is 1. The first-order valence-corrected chi connectivity index (χ1v) is 10.3. The van der Waals surface area contributed by atoms with Crippen molar-refractivity contribution in [1.29, 1.82) is 0 Å². The van der Waals surface area contributed by atoms with Crippen LogP contribution in [0.15, 0.2) is 48.7 Å². The predicted octanol–water partition coefficient (Wildman–Crippen LogP) is 1.43. The Bertz CT molecular complexity index is 823. The molecule has 0 spiro atoms. The van der Waals surface area contributed by atoms with Gasteiger partial charge in [-0.3, -0.25) is 9.88 Å². The van der Waals surface area contributed by atoms with Crippen LogP contribution in [0.5, 0.6) is 0 Å². The van der Waals surface area contributed by atoms with E-state index in [9.17, 15) is 13.5 Å². The number of aliphatic hydroxyl groups excluding tert-OH is 1. The van der Waals surface area contributed by atoms with Crippen molar-refractivity contribution in [2.45, 2.75) is 12.6 Å². The smallest absolute Gasteiger partial charge is 0.214 e. The van der Waals surface area contributed by atoms with Gasteiger partial charge in [0.05, 0.1) is 17.6 Å². The minimum atomic E-state index is -3.31. The molecule has 1 fully saturated rings. The Morgan fingerprint density at radius 1 is 1.15 bits per heavy atom. The molecule has 0 saturated carbocycles. The standard InChI is InChI=1S/C19H25N3O3S/c1-21(2)26(24,25)14-17-12-22(13-19(17)23)11-15-6-8-16(9-7-15)18-5-3-4-10-20-18/h3-10,17,19,23H,11-14H2,1-2H3/t17-,19+/m0/s1. The summed E-state index contributed by atoms with van der Waals surface area (Å²) in [5.74, 6) is -0.272. The Kier molecular flexibility index (Phi) is 5.72. The first-order chi connectivity index (χ1) is 12.3. The molecule has 0 aliphatic carbocycles. The van der Waals surface area contributed by atoms with Gasteiger partial charge in [-0.25, -0.2) is 12.7 Å². The maximum atomic E-state index is 12.1. The van der Waals surface area contributed by atoms with Crippen LogP contribution in [0.2, 0.25) is 0 Å². The average molecular weight is 375 g/mol. The molecule has 1 N–H and O–H groups in total. The average Bonchev–Trinajstić information content (AvgIpc) is 2.94. The molecule has 2 atom stereocenters. The van der Waals surface area contributed by atoms with Gasteiger partial charge in [-0.2, -0.15) is 0 Å². The molecule has 1 aliphatic rings. The molecule has 2 aromatic rings. The number of β-amino-alcohol motifs (C(OH)–C–C–N with tert-alkyl or cyclic N) is 1. The highest BCUT2D eigenvalue weighted by Gasteiger charge is 2.35. The molecule has 1 aliphatic heterocycles.